The summed E-state index contributed by atoms with van der Waals surface area (Å²) < 4.78 is 0.970. The topological polar surface area (TPSA) is 53.6 Å². The summed E-state index contributed by atoms with van der Waals surface area (Å²) in [6.07, 6.45) is 5.33. The van der Waals surface area contributed by atoms with E-state index in [9.17, 15) is 0 Å². The standard InChI is InChI=1S/C15H13BrN4/c16-13-7-14(10-17-9-13)18-8-11-1-3-12(4-2-11)15-5-6-19-20-15/h1-7,9-10,18H,8H2,(H,19,20). The molecule has 0 spiro atoms. The van der Waals surface area contributed by atoms with E-state index < -0.39 is 0 Å². The zero-order valence-corrected chi connectivity index (χ0v) is 12.3. The summed E-state index contributed by atoms with van der Waals surface area (Å²) in [5.74, 6) is 0. The lowest BCUT2D eigenvalue weighted by Gasteiger charge is -2.07. The SMILES string of the molecule is Brc1cncc(NCc2ccc(-c3ccn[nH]3)cc2)c1. The number of hydrogen-bond donors (Lipinski definition) is 2. The zero-order valence-electron chi connectivity index (χ0n) is 10.7. The normalized spacial score (nSPS) is 10.4. The average Bonchev–Trinajstić information content (AvgIpc) is 3.00. The number of aromatic nitrogens is 3. The summed E-state index contributed by atoms with van der Waals surface area (Å²) in [4.78, 5) is 4.12. The summed E-state index contributed by atoms with van der Waals surface area (Å²) in [7, 11) is 0. The van der Waals surface area contributed by atoms with Crippen molar-refractivity contribution in [3.63, 3.8) is 0 Å². The monoisotopic (exact) mass is 328 g/mol. The van der Waals surface area contributed by atoms with Crippen molar-refractivity contribution in [3.05, 3.63) is 65.0 Å². The number of hydrogen-bond acceptors (Lipinski definition) is 3. The number of nitrogens with one attached hydrogen (secondary N) is 2. The van der Waals surface area contributed by atoms with Gasteiger partial charge in [0.15, 0.2) is 0 Å². The lowest BCUT2D eigenvalue weighted by atomic mass is 10.1. The molecule has 0 amide bonds. The van der Waals surface area contributed by atoms with Crippen molar-refractivity contribution in [2.24, 2.45) is 0 Å². The molecule has 1 aromatic carbocycles. The molecule has 0 aliphatic rings. The van der Waals surface area contributed by atoms with Gasteiger partial charge in [0, 0.05) is 23.4 Å². The van der Waals surface area contributed by atoms with Crippen LogP contribution in [0.2, 0.25) is 0 Å². The number of halogens is 1. The van der Waals surface area contributed by atoms with Gasteiger partial charge in [-0.25, -0.2) is 0 Å². The van der Waals surface area contributed by atoms with E-state index in [0.29, 0.717) is 0 Å². The van der Waals surface area contributed by atoms with Crippen LogP contribution in [0.3, 0.4) is 0 Å². The molecule has 100 valence electrons. The van der Waals surface area contributed by atoms with E-state index in [-0.39, 0.29) is 0 Å². The van der Waals surface area contributed by atoms with Gasteiger partial charge >= 0.3 is 0 Å². The number of aromatic amines is 1. The van der Waals surface area contributed by atoms with Crippen LogP contribution in [0.5, 0.6) is 0 Å². The van der Waals surface area contributed by atoms with Gasteiger partial charge in [-0.3, -0.25) is 10.1 Å². The predicted octanol–water partition coefficient (Wildman–Crippen LogP) is 3.85. The van der Waals surface area contributed by atoms with Gasteiger partial charge in [-0.15, -0.1) is 0 Å². The summed E-state index contributed by atoms with van der Waals surface area (Å²) in [6, 6.07) is 12.4. The predicted molar refractivity (Wildman–Crippen MR) is 83.3 cm³/mol. The Hall–Kier alpha value is -2.14. The number of anilines is 1. The Morgan fingerprint density at radius 2 is 1.95 bits per heavy atom. The highest BCUT2D eigenvalue weighted by atomic mass is 79.9. The lowest BCUT2D eigenvalue weighted by molar-refractivity contribution is 1.09. The van der Waals surface area contributed by atoms with Gasteiger partial charge < -0.3 is 5.32 Å². The second-order valence-electron chi connectivity index (χ2n) is 4.41. The maximum absolute atomic E-state index is 4.12. The maximum atomic E-state index is 4.12. The first-order chi connectivity index (χ1) is 9.81. The molecule has 4 nitrogen and oxygen atoms in total. The van der Waals surface area contributed by atoms with E-state index in [4.69, 9.17) is 0 Å². The number of benzene rings is 1. The molecular weight excluding hydrogens is 316 g/mol. The smallest absolute Gasteiger partial charge is 0.0650 e. The highest BCUT2D eigenvalue weighted by Crippen LogP contribution is 2.18. The van der Waals surface area contributed by atoms with Crippen molar-refractivity contribution in [2.45, 2.75) is 6.54 Å². The van der Waals surface area contributed by atoms with Crippen molar-refractivity contribution in [3.8, 4) is 11.3 Å². The molecule has 0 bridgehead atoms. The second kappa shape index (κ2) is 5.88. The Balaban J connectivity index is 1.67. The van der Waals surface area contributed by atoms with Crippen molar-refractivity contribution in [1.82, 2.24) is 15.2 Å². The molecule has 2 heterocycles. The highest BCUT2D eigenvalue weighted by molar-refractivity contribution is 9.10. The van der Waals surface area contributed by atoms with Crippen LogP contribution in [0.25, 0.3) is 11.3 Å². The van der Waals surface area contributed by atoms with Crippen LogP contribution in [-0.4, -0.2) is 15.2 Å². The molecule has 0 fully saturated rings. The Kier molecular flexibility index (Phi) is 3.78. The molecule has 0 aliphatic heterocycles. The van der Waals surface area contributed by atoms with Crippen LogP contribution >= 0.6 is 15.9 Å². The maximum Gasteiger partial charge on any atom is 0.0650 e. The summed E-state index contributed by atoms with van der Waals surface area (Å²) in [5, 5.41) is 10.3. The minimum absolute atomic E-state index is 0.765. The van der Waals surface area contributed by atoms with E-state index in [1.165, 1.54) is 5.56 Å². The van der Waals surface area contributed by atoms with E-state index >= 15 is 0 Å². The fraction of sp³-hybridized carbons (Fsp3) is 0.0667. The van der Waals surface area contributed by atoms with Crippen LogP contribution in [0.15, 0.2) is 59.5 Å². The molecule has 2 N–H and O–H groups in total. The lowest BCUT2D eigenvalue weighted by Crippen LogP contribution is -1.99. The number of nitrogens with zero attached hydrogens (tertiary/aromatic N) is 2. The molecular formula is C15H13BrN4. The Labute approximate surface area is 125 Å². The largest absolute Gasteiger partial charge is 0.380 e. The quantitative estimate of drug-likeness (QED) is 0.764. The molecule has 0 unspecified atom stereocenters. The molecule has 0 atom stereocenters. The first-order valence-corrected chi connectivity index (χ1v) is 7.04. The third-order valence-electron chi connectivity index (χ3n) is 2.97. The average molecular weight is 329 g/mol. The minimum Gasteiger partial charge on any atom is -0.380 e. The fourth-order valence-electron chi connectivity index (χ4n) is 1.93. The summed E-state index contributed by atoms with van der Waals surface area (Å²) >= 11 is 3.41. The minimum atomic E-state index is 0.765. The van der Waals surface area contributed by atoms with Gasteiger partial charge in [-0.2, -0.15) is 5.10 Å². The van der Waals surface area contributed by atoms with Crippen LogP contribution in [0.1, 0.15) is 5.56 Å². The van der Waals surface area contributed by atoms with Gasteiger partial charge in [-0.1, -0.05) is 24.3 Å². The molecule has 5 heteroatoms. The Morgan fingerprint density at radius 1 is 1.10 bits per heavy atom. The van der Waals surface area contributed by atoms with Gasteiger partial charge in [0.25, 0.3) is 0 Å². The third kappa shape index (κ3) is 3.05. The van der Waals surface area contributed by atoms with Crippen molar-refractivity contribution >= 4 is 21.6 Å². The van der Waals surface area contributed by atoms with Crippen LogP contribution < -0.4 is 5.32 Å². The van der Waals surface area contributed by atoms with E-state index in [2.05, 4.69) is 60.7 Å². The fourth-order valence-corrected chi connectivity index (χ4v) is 2.30. The molecule has 0 saturated heterocycles. The van der Waals surface area contributed by atoms with E-state index in [1.54, 1.807) is 12.4 Å². The van der Waals surface area contributed by atoms with Crippen molar-refractivity contribution in [1.29, 1.82) is 0 Å². The molecule has 3 aromatic rings. The first kappa shape index (κ1) is 12.9. The van der Waals surface area contributed by atoms with E-state index in [0.717, 1.165) is 28.0 Å². The number of rotatable bonds is 4. The molecule has 0 radical (unpaired) electrons. The number of H-pyrrole nitrogens is 1. The first-order valence-electron chi connectivity index (χ1n) is 6.24. The molecule has 0 saturated carbocycles. The third-order valence-corrected chi connectivity index (χ3v) is 3.40. The van der Waals surface area contributed by atoms with E-state index in [1.807, 2.05) is 18.3 Å². The van der Waals surface area contributed by atoms with Crippen LogP contribution in [0.4, 0.5) is 5.69 Å². The summed E-state index contributed by atoms with van der Waals surface area (Å²) in [5.41, 5.74) is 4.38. The van der Waals surface area contributed by atoms with Crippen LogP contribution in [0, 0.1) is 0 Å². The Morgan fingerprint density at radius 3 is 2.65 bits per heavy atom. The van der Waals surface area contributed by atoms with Crippen molar-refractivity contribution < 1.29 is 0 Å². The van der Waals surface area contributed by atoms with Gasteiger partial charge in [0.1, 0.15) is 0 Å². The van der Waals surface area contributed by atoms with Crippen molar-refractivity contribution in [2.75, 3.05) is 5.32 Å². The van der Waals surface area contributed by atoms with Gasteiger partial charge in [0.05, 0.1) is 17.6 Å². The van der Waals surface area contributed by atoms with Crippen LogP contribution in [-0.2, 0) is 6.54 Å². The highest BCUT2D eigenvalue weighted by Gasteiger charge is 1.99. The molecule has 20 heavy (non-hydrogen) atoms. The summed E-state index contributed by atoms with van der Waals surface area (Å²) in [6.45, 7) is 0.765. The second-order valence-corrected chi connectivity index (χ2v) is 5.33. The molecule has 2 aromatic heterocycles. The van der Waals surface area contributed by atoms with Gasteiger partial charge in [-0.05, 0) is 39.2 Å². The molecule has 3 rings (SSSR count). The number of pyridine rings is 1. The molecule has 0 aliphatic carbocycles. The Bertz CT molecular complexity index is 677. The zero-order chi connectivity index (χ0) is 13.8. The van der Waals surface area contributed by atoms with Gasteiger partial charge in [0.2, 0.25) is 0 Å².